The highest BCUT2D eigenvalue weighted by Crippen LogP contribution is 2.36. The number of benzene rings is 1. The SMILES string of the molecule is Cc1cc(F)ccc1-c1cnc(B2OC(C)(C)C(C)(C)O2)cn1. The van der Waals surface area contributed by atoms with Gasteiger partial charge in [0.1, 0.15) is 5.82 Å². The molecule has 6 heteroatoms. The van der Waals surface area contributed by atoms with E-state index in [0.717, 1.165) is 11.1 Å². The molecule has 0 spiro atoms. The molecule has 1 aromatic carbocycles. The lowest BCUT2D eigenvalue weighted by molar-refractivity contribution is 0.00578. The Hall–Kier alpha value is -1.79. The number of hydrogen-bond donors (Lipinski definition) is 0. The van der Waals surface area contributed by atoms with E-state index in [0.29, 0.717) is 11.3 Å². The van der Waals surface area contributed by atoms with E-state index < -0.39 is 18.3 Å². The van der Waals surface area contributed by atoms with E-state index in [2.05, 4.69) is 9.97 Å². The Morgan fingerprint density at radius 1 is 1.00 bits per heavy atom. The summed E-state index contributed by atoms with van der Waals surface area (Å²) in [5.41, 5.74) is 2.19. The molecule has 120 valence electrons. The summed E-state index contributed by atoms with van der Waals surface area (Å²) in [6.07, 6.45) is 3.32. The van der Waals surface area contributed by atoms with Crippen LogP contribution in [0.4, 0.5) is 4.39 Å². The highest BCUT2D eigenvalue weighted by Gasteiger charge is 2.52. The zero-order chi connectivity index (χ0) is 16.8. The molecular weight excluding hydrogens is 294 g/mol. The molecule has 0 saturated carbocycles. The van der Waals surface area contributed by atoms with Gasteiger partial charge in [0.15, 0.2) is 0 Å². The molecule has 1 fully saturated rings. The average Bonchev–Trinajstić information content (AvgIpc) is 2.68. The Balaban J connectivity index is 1.86. The fourth-order valence-corrected chi connectivity index (χ4v) is 2.48. The van der Waals surface area contributed by atoms with Crippen LogP contribution in [0.25, 0.3) is 11.3 Å². The third kappa shape index (κ3) is 2.89. The van der Waals surface area contributed by atoms with Crippen LogP contribution >= 0.6 is 0 Å². The largest absolute Gasteiger partial charge is 0.516 e. The summed E-state index contributed by atoms with van der Waals surface area (Å²) < 4.78 is 25.1. The van der Waals surface area contributed by atoms with Gasteiger partial charge in [-0.1, -0.05) is 0 Å². The molecule has 2 aromatic rings. The van der Waals surface area contributed by atoms with Crippen molar-refractivity contribution in [3.05, 3.63) is 42.0 Å². The van der Waals surface area contributed by atoms with Crippen molar-refractivity contribution < 1.29 is 13.7 Å². The van der Waals surface area contributed by atoms with Crippen molar-refractivity contribution in [3.8, 4) is 11.3 Å². The number of halogens is 1. The monoisotopic (exact) mass is 314 g/mol. The molecule has 1 aliphatic heterocycles. The van der Waals surface area contributed by atoms with Crippen LogP contribution in [-0.4, -0.2) is 28.3 Å². The van der Waals surface area contributed by atoms with E-state index in [1.165, 1.54) is 12.1 Å². The first-order chi connectivity index (χ1) is 10.7. The maximum Gasteiger partial charge on any atom is 0.516 e. The minimum absolute atomic E-state index is 0.256. The lowest BCUT2D eigenvalue weighted by Crippen LogP contribution is -2.41. The Bertz CT molecular complexity index is 716. The van der Waals surface area contributed by atoms with Gasteiger partial charge in [0.25, 0.3) is 0 Å². The lowest BCUT2D eigenvalue weighted by Gasteiger charge is -2.32. The zero-order valence-electron chi connectivity index (χ0n) is 14.1. The second-order valence-electron chi connectivity index (χ2n) is 6.87. The van der Waals surface area contributed by atoms with Gasteiger partial charge in [0.05, 0.1) is 28.7 Å². The Kier molecular flexibility index (Phi) is 3.77. The standard InChI is InChI=1S/C17H20BFN2O2/c1-11-8-12(19)6-7-13(11)14-9-21-15(10-20-14)18-22-16(2,3)17(4,5)23-18/h6-10H,1-5H3. The third-order valence-electron chi connectivity index (χ3n) is 4.63. The van der Waals surface area contributed by atoms with Gasteiger partial charge in [-0.3, -0.25) is 9.97 Å². The van der Waals surface area contributed by atoms with Crippen LogP contribution in [0.2, 0.25) is 0 Å². The van der Waals surface area contributed by atoms with Crippen molar-refractivity contribution in [2.45, 2.75) is 45.8 Å². The van der Waals surface area contributed by atoms with Crippen LogP contribution in [0.15, 0.2) is 30.6 Å². The van der Waals surface area contributed by atoms with Gasteiger partial charge in [-0.2, -0.15) is 0 Å². The molecule has 0 amide bonds. The molecule has 0 unspecified atom stereocenters. The fraction of sp³-hybridized carbons (Fsp3) is 0.412. The summed E-state index contributed by atoms with van der Waals surface area (Å²) in [7, 11) is -0.532. The van der Waals surface area contributed by atoms with Gasteiger partial charge in [0.2, 0.25) is 0 Å². The van der Waals surface area contributed by atoms with Crippen molar-refractivity contribution in [2.75, 3.05) is 0 Å². The van der Waals surface area contributed by atoms with Crippen LogP contribution in [0.5, 0.6) is 0 Å². The van der Waals surface area contributed by atoms with Crippen LogP contribution in [0.1, 0.15) is 33.3 Å². The van der Waals surface area contributed by atoms with Crippen molar-refractivity contribution in [1.82, 2.24) is 9.97 Å². The van der Waals surface area contributed by atoms with E-state index in [1.54, 1.807) is 18.5 Å². The smallest absolute Gasteiger partial charge is 0.398 e. The molecule has 1 aromatic heterocycles. The van der Waals surface area contributed by atoms with Crippen molar-refractivity contribution in [2.24, 2.45) is 0 Å². The first-order valence-electron chi connectivity index (χ1n) is 7.64. The normalized spacial score (nSPS) is 19.1. The number of rotatable bonds is 2. The molecule has 0 N–H and O–H groups in total. The van der Waals surface area contributed by atoms with Crippen LogP contribution in [0, 0.1) is 12.7 Å². The second-order valence-corrected chi connectivity index (χ2v) is 6.87. The third-order valence-corrected chi connectivity index (χ3v) is 4.63. The summed E-state index contributed by atoms with van der Waals surface area (Å²) in [4.78, 5) is 8.86. The van der Waals surface area contributed by atoms with Crippen molar-refractivity contribution in [1.29, 1.82) is 0 Å². The number of aromatic nitrogens is 2. The summed E-state index contributed by atoms with van der Waals surface area (Å²) in [6, 6.07) is 4.62. The van der Waals surface area contributed by atoms with Gasteiger partial charge in [0, 0.05) is 11.8 Å². The van der Waals surface area contributed by atoms with Gasteiger partial charge in [-0.05, 0) is 58.4 Å². The summed E-state index contributed by atoms with van der Waals surface area (Å²) in [5, 5.41) is 0. The first-order valence-corrected chi connectivity index (χ1v) is 7.64. The molecule has 1 aliphatic rings. The van der Waals surface area contributed by atoms with Gasteiger partial charge in [-0.15, -0.1) is 0 Å². The van der Waals surface area contributed by atoms with Gasteiger partial charge >= 0.3 is 7.12 Å². The molecular formula is C17H20BFN2O2. The van der Waals surface area contributed by atoms with E-state index in [1.807, 2.05) is 34.6 Å². The highest BCUT2D eigenvalue weighted by atomic mass is 19.1. The molecule has 0 atom stereocenters. The number of aryl methyl sites for hydroxylation is 1. The molecule has 1 saturated heterocycles. The van der Waals surface area contributed by atoms with E-state index in [9.17, 15) is 4.39 Å². The minimum Gasteiger partial charge on any atom is -0.398 e. The molecule has 0 radical (unpaired) electrons. The Morgan fingerprint density at radius 2 is 1.65 bits per heavy atom. The van der Waals surface area contributed by atoms with Crippen LogP contribution in [0.3, 0.4) is 0 Å². The van der Waals surface area contributed by atoms with Gasteiger partial charge < -0.3 is 9.31 Å². The van der Waals surface area contributed by atoms with Crippen molar-refractivity contribution in [3.63, 3.8) is 0 Å². The fourth-order valence-electron chi connectivity index (χ4n) is 2.48. The Labute approximate surface area is 136 Å². The molecule has 23 heavy (non-hydrogen) atoms. The molecule has 3 rings (SSSR count). The van der Waals surface area contributed by atoms with Crippen LogP contribution in [-0.2, 0) is 9.31 Å². The average molecular weight is 314 g/mol. The maximum atomic E-state index is 13.2. The number of hydrogen-bond acceptors (Lipinski definition) is 4. The predicted octanol–water partition coefficient (Wildman–Crippen LogP) is 2.89. The maximum absolute atomic E-state index is 13.2. The topological polar surface area (TPSA) is 44.2 Å². The molecule has 0 aliphatic carbocycles. The first kappa shape index (κ1) is 16.1. The zero-order valence-corrected chi connectivity index (χ0v) is 14.1. The van der Waals surface area contributed by atoms with E-state index in [-0.39, 0.29) is 5.82 Å². The summed E-state index contributed by atoms with van der Waals surface area (Å²) >= 11 is 0. The number of nitrogens with zero attached hydrogens (tertiary/aromatic N) is 2. The highest BCUT2D eigenvalue weighted by molar-refractivity contribution is 6.61. The summed E-state index contributed by atoms with van der Waals surface area (Å²) in [6.45, 7) is 9.84. The van der Waals surface area contributed by atoms with Gasteiger partial charge in [-0.25, -0.2) is 4.39 Å². The van der Waals surface area contributed by atoms with E-state index >= 15 is 0 Å². The predicted molar refractivity (Wildman–Crippen MR) is 87.9 cm³/mol. The lowest BCUT2D eigenvalue weighted by atomic mass is 9.85. The van der Waals surface area contributed by atoms with Crippen molar-refractivity contribution >= 4 is 12.7 Å². The molecule has 0 bridgehead atoms. The molecule has 2 heterocycles. The quantitative estimate of drug-likeness (QED) is 0.800. The van der Waals surface area contributed by atoms with Crippen LogP contribution < -0.4 is 5.59 Å². The Morgan fingerprint density at radius 3 is 2.17 bits per heavy atom. The summed E-state index contributed by atoms with van der Waals surface area (Å²) in [5.74, 6) is -0.256. The van der Waals surface area contributed by atoms with E-state index in [4.69, 9.17) is 9.31 Å². The second kappa shape index (κ2) is 5.39. The minimum atomic E-state index is -0.532. The molecule has 4 nitrogen and oxygen atoms in total.